The Balaban J connectivity index is 2.22. The van der Waals surface area contributed by atoms with Gasteiger partial charge in [0.15, 0.2) is 6.61 Å². The largest absolute Gasteiger partial charge is 0.484 e. The highest BCUT2D eigenvalue weighted by atomic mass is 35.5. The number of rotatable bonds is 9. The van der Waals surface area contributed by atoms with Crippen LogP contribution in [0.1, 0.15) is 37.0 Å². The van der Waals surface area contributed by atoms with Gasteiger partial charge in [-0.15, -0.1) is 0 Å². The standard InChI is InChI=1S/C23H28ClFN2O3/c1-5-20(23(29)26-6-2)27(13-17-7-9-18(25)10-8-17)21(28)14-30-19-11-15(3)22(24)16(4)12-19/h7-12,20H,5-6,13-14H2,1-4H3,(H,26,29)/t20-/m0/s1. The van der Waals surface area contributed by atoms with Crippen molar-refractivity contribution in [2.45, 2.75) is 46.7 Å². The van der Waals surface area contributed by atoms with Gasteiger partial charge in [-0.05, 0) is 68.1 Å². The predicted molar refractivity (Wildman–Crippen MR) is 116 cm³/mol. The van der Waals surface area contributed by atoms with E-state index >= 15 is 0 Å². The fourth-order valence-corrected chi connectivity index (χ4v) is 3.32. The number of likely N-dealkylation sites (N-methyl/N-ethyl adjacent to an activating group) is 1. The van der Waals surface area contributed by atoms with Crippen LogP contribution in [0.2, 0.25) is 5.02 Å². The predicted octanol–water partition coefficient (Wildman–Crippen LogP) is 4.42. The van der Waals surface area contributed by atoms with E-state index in [1.165, 1.54) is 17.0 Å². The van der Waals surface area contributed by atoms with E-state index in [9.17, 15) is 14.0 Å². The molecule has 1 atom stereocenters. The number of hydrogen-bond donors (Lipinski definition) is 1. The second-order valence-electron chi connectivity index (χ2n) is 7.13. The van der Waals surface area contributed by atoms with Gasteiger partial charge in [-0.3, -0.25) is 9.59 Å². The Morgan fingerprint density at radius 1 is 1.13 bits per heavy atom. The first kappa shape index (κ1) is 23.7. The van der Waals surface area contributed by atoms with Crippen molar-refractivity contribution in [1.29, 1.82) is 0 Å². The van der Waals surface area contributed by atoms with Crippen LogP contribution in [-0.4, -0.2) is 35.9 Å². The maximum atomic E-state index is 13.3. The van der Waals surface area contributed by atoms with Crippen LogP contribution >= 0.6 is 11.6 Å². The van der Waals surface area contributed by atoms with E-state index in [2.05, 4.69) is 5.32 Å². The van der Waals surface area contributed by atoms with Gasteiger partial charge in [0.2, 0.25) is 5.91 Å². The van der Waals surface area contributed by atoms with Crippen molar-refractivity contribution in [2.75, 3.05) is 13.2 Å². The summed E-state index contributed by atoms with van der Waals surface area (Å²) < 4.78 is 19.0. The Labute approximate surface area is 182 Å². The monoisotopic (exact) mass is 434 g/mol. The van der Waals surface area contributed by atoms with Crippen LogP contribution in [0.15, 0.2) is 36.4 Å². The first-order valence-corrected chi connectivity index (χ1v) is 10.4. The van der Waals surface area contributed by atoms with E-state index in [-0.39, 0.29) is 30.8 Å². The van der Waals surface area contributed by atoms with Crippen molar-refractivity contribution in [3.05, 3.63) is 63.9 Å². The highest BCUT2D eigenvalue weighted by molar-refractivity contribution is 6.32. The fourth-order valence-electron chi connectivity index (χ4n) is 3.22. The van der Waals surface area contributed by atoms with Crippen molar-refractivity contribution in [1.82, 2.24) is 10.2 Å². The molecule has 5 nitrogen and oxygen atoms in total. The van der Waals surface area contributed by atoms with Crippen LogP contribution in [-0.2, 0) is 16.1 Å². The minimum atomic E-state index is -0.653. The molecule has 0 aliphatic rings. The second-order valence-corrected chi connectivity index (χ2v) is 7.50. The van der Waals surface area contributed by atoms with Crippen LogP contribution in [0, 0.1) is 19.7 Å². The van der Waals surface area contributed by atoms with E-state index < -0.39 is 6.04 Å². The molecular formula is C23H28ClFN2O3. The summed E-state index contributed by atoms with van der Waals surface area (Å²) in [6.45, 7) is 7.82. The molecule has 30 heavy (non-hydrogen) atoms. The SMILES string of the molecule is CCNC(=O)[C@H](CC)N(Cc1ccc(F)cc1)C(=O)COc1cc(C)c(Cl)c(C)c1. The van der Waals surface area contributed by atoms with Gasteiger partial charge in [0, 0.05) is 18.1 Å². The van der Waals surface area contributed by atoms with Gasteiger partial charge >= 0.3 is 0 Å². The van der Waals surface area contributed by atoms with Crippen LogP contribution in [0.4, 0.5) is 4.39 Å². The van der Waals surface area contributed by atoms with Crippen LogP contribution in [0.25, 0.3) is 0 Å². The van der Waals surface area contributed by atoms with Crippen LogP contribution < -0.4 is 10.1 Å². The first-order valence-electron chi connectivity index (χ1n) is 9.97. The molecule has 0 aliphatic heterocycles. The summed E-state index contributed by atoms with van der Waals surface area (Å²) in [5, 5.41) is 3.43. The molecule has 2 rings (SSSR count). The van der Waals surface area contributed by atoms with Crippen molar-refractivity contribution in [3.8, 4) is 5.75 Å². The van der Waals surface area contributed by atoms with E-state index in [4.69, 9.17) is 16.3 Å². The Hall–Kier alpha value is -2.60. The molecule has 0 saturated carbocycles. The van der Waals surface area contributed by atoms with Gasteiger partial charge in [0.25, 0.3) is 5.91 Å². The van der Waals surface area contributed by atoms with Crippen molar-refractivity contribution >= 4 is 23.4 Å². The Morgan fingerprint density at radius 2 is 1.73 bits per heavy atom. The number of ether oxygens (including phenoxy) is 1. The van der Waals surface area contributed by atoms with Gasteiger partial charge in [-0.25, -0.2) is 4.39 Å². The number of carbonyl (C=O) groups is 2. The van der Waals surface area contributed by atoms with E-state index in [1.807, 2.05) is 27.7 Å². The fraction of sp³-hybridized carbons (Fsp3) is 0.391. The lowest BCUT2D eigenvalue weighted by Gasteiger charge is -2.30. The number of benzene rings is 2. The average molecular weight is 435 g/mol. The molecule has 2 aromatic carbocycles. The number of nitrogens with zero attached hydrogens (tertiary/aromatic N) is 1. The zero-order chi connectivity index (χ0) is 22.3. The van der Waals surface area contributed by atoms with E-state index in [0.29, 0.717) is 23.7 Å². The number of nitrogens with one attached hydrogen (secondary N) is 1. The number of aryl methyl sites for hydroxylation is 2. The number of hydrogen-bond acceptors (Lipinski definition) is 3. The van der Waals surface area contributed by atoms with Crippen molar-refractivity contribution in [3.63, 3.8) is 0 Å². The molecule has 0 unspecified atom stereocenters. The lowest BCUT2D eigenvalue weighted by molar-refractivity contribution is -0.142. The first-order chi connectivity index (χ1) is 14.3. The zero-order valence-corrected chi connectivity index (χ0v) is 18.6. The molecular weight excluding hydrogens is 407 g/mol. The number of halogens is 2. The van der Waals surface area contributed by atoms with E-state index in [1.54, 1.807) is 24.3 Å². The summed E-state index contributed by atoms with van der Waals surface area (Å²) in [4.78, 5) is 27.1. The van der Waals surface area contributed by atoms with Gasteiger partial charge in [0.05, 0.1) is 0 Å². The zero-order valence-electron chi connectivity index (χ0n) is 17.8. The highest BCUT2D eigenvalue weighted by Crippen LogP contribution is 2.26. The molecule has 2 amide bonds. The number of carbonyl (C=O) groups excluding carboxylic acids is 2. The van der Waals surface area contributed by atoms with Gasteiger partial charge in [0.1, 0.15) is 17.6 Å². The molecule has 0 spiro atoms. The normalized spacial score (nSPS) is 11.7. The molecule has 162 valence electrons. The Morgan fingerprint density at radius 3 is 2.27 bits per heavy atom. The molecule has 2 aromatic rings. The molecule has 0 heterocycles. The summed E-state index contributed by atoms with van der Waals surface area (Å²) in [6.07, 6.45) is 0.442. The van der Waals surface area contributed by atoms with Crippen molar-refractivity contribution in [2.24, 2.45) is 0 Å². The average Bonchev–Trinajstić information content (AvgIpc) is 2.71. The molecule has 7 heteroatoms. The third kappa shape index (κ3) is 6.20. The third-order valence-electron chi connectivity index (χ3n) is 4.78. The minimum Gasteiger partial charge on any atom is -0.484 e. The minimum absolute atomic E-state index is 0.177. The van der Waals surface area contributed by atoms with Gasteiger partial charge in [-0.1, -0.05) is 30.7 Å². The smallest absolute Gasteiger partial charge is 0.261 e. The molecule has 0 radical (unpaired) electrons. The summed E-state index contributed by atoms with van der Waals surface area (Å²) in [5.41, 5.74) is 2.44. The highest BCUT2D eigenvalue weighted by Gasteiger charge is 2.28. The molecule has 0 bridgehead atoms. The van der Waals surface area contributed by atoms with Gasteiger partial charge < -0.3 is 15.0 Å². The lowest BCUT2D eigenvalue weighted by Crippen LogP contribution is -2.50. The molecule has 0 aliphatic carbocycles. The third-order valence-corrected chi connectivity index (χ3v) is 5.37. The maximum Gasteiger partial charge on any atom is 0.261 e. The lowest BCUT2D eigenvalue weighted by atomic mass is 10.1. The Bertz CT molecular complexity index is 864. The summed E-state index contributed by atoms with van der Waals surface area (Å²) >= 11 is 6.19. The van der Waals surface area contributed by atoms with Crippen molar-refractivity contribution < 1.29 is 18.7 Å². The quantitative estimate of drug-likeness (QED) is 0.635. The van der Waals surface area contributed by atoms with Gasteiger partial charge in [-0.2, -0.15) is 0 Å². The maximum absolute atomic E-state index is 13.3. The molecule has 0 aromatic heterocycles. The molecule has 1 N–H and O–H groups in total. The number of amides is 2. The van der Waals surface area contributed by atoms with Crippen LogP contribution in [0.5, 0.6) is 5.75 Å². The van der Waals surface area contributed by atoms with Crippen LogP contribution in [0.3, 0.4) is 0 Å². The summed E-state index contributed by atoms with van der Waals surface area (Å²) in [5.74, 6) is -0.379. The second kappa shape index (κ2) is 11.0. The summed E-state index contributed by atoms with van der Waals surface area (Å²) in [6, 6.07) is 8.77. The summed E-state index contributed by atoms with van der Waals surface area (Å²) in [7, 11) is 0. The van der Waals surface area contributed by atoms with E-state index in [0.717, 1.165) is 16.7 Å². The Kier molecular flexibility index (Phi) is 8.66. The molecule has 0 saturated heterocycles. The topological polar surface area (TPSA) is 58.6 Å². The molecule has 0 fully saturated rings.